The SMILES string of the molecule is CCC(C)NS(O)(O)CC. The average Bonchev–Trinajstić information content (AvgIpc) is 1.87. The number of hydrogen-bond acceptors (Lipinski definition) is 3. The molecule has 0 rings (SSSR count). The largest absolute Gasteiger partial charge is 0.286 e. The first-order valence-electron chi connectivity index (χ1n) is 3.55. The lowest BCUT2D eigenvalue weighted by Gasteiger charge is -2.34. The molecule has 0 aliphatic heterocycles. The molecule has 0 aromatic rings. The van der Waals surface area contributed by atoms with E-state index in [-0.39, 0.29) is 6.04 Å². The normalized spacial score (nSPS) is 16.9. The molecule has 0 fully saturated rings. The van der Waals surface area contributed by atoms with Crippen molar-refractivity contribution < 1.29 is 9.11 Å². The molecule has 1 unspecified atom stereocenters. The highest BCUT2D eigenvalue weighted by Gasteiger charge is 2.10. The summed E-state index contributed by atoms with van der Waals surface area (Å²) >= 11 is 0. The Bertz CT molecular complexity index is 97.7. The number of nitrogens with one attached hydrogen (secondary N) is 1. The van der Waals surface area contributed by atoms with Crippen LogP contribution in [0.4, 0.5) is 0 Å². The fraction of sp³-hybridized carbons (Fsp3) is 1.00. The van der Waals surface area contributed by atoms with E-state index in [1.54, 1.807) is 6.92 Å². The summed E-state index contributed by atoms with van der Waals surface area (Å²) in [5.74, 6) is 0.386. The standard InChI is InChI=1S/C6H17NO2S/c1-4-6(3)7-10(8,9)5-2/h6-9H,4-5H2,1-3H3. The summed E-state index contributed by atoms with van der Waals surface area (Å²) in [5, 5.41) is 0. The van der Waals surface area contributed by atoms with E-state index >= 15 is 0 Å². The third kappa shape index (κ3) is 4.11. The van der Waals surface area contributed by atoms with Gasteiger partial charge in [0.2, 0.25) is 0 Å². The van der Waals surface area contributed by atoms with Gasteiger partial charge in [-0.15, -0.1) is 10.8 Å². The van der Waals surface area contributed by atoms with Gasteiger partial charge in [-0.25, -0.2) is 4.72 Å². The van der Waals surface area contributed by atoms with E-state index in [9.17, 15) is 0 Å². The molecule has 0 aromatic heterocycles. The molecule has 0 saturated carbocycles. The van der Waals surface area contributed by atoms with Gasteiger partial charge < -0.3 is 0 Å². The molecule has 1 atom stereocenters. The molecule has 0 amide bonds. The zero-order chi connectivity index (χ0) is 8.20. The second-order valence-electron chi connectivity index (χ2n) is 2.38. The summed E-state index contributed by atoms with van der Waals surface area (Å²) in [6, 6.07) is 0.185. The van der Waals surface area contributed by atoms with E-state index in [0.717, 1.165) is 6.42 Å². The van der Waals surface area contributed by atoms with Crippen LogP contribution in [-0.2, 0) is 0 Å². The summed E-state index contributed by atoms with van der Waals surface area (Å²) < 4.78 is 21.1. The van der Waals surface area contributed by atoms with Crippen LogP contribution in [-0.4, -0.2) is 20.9 Å². The number of rotatable bonds is 4. The van der Waals surface area contributed by atoms with Crippen molar-refractivity contribution >= 4 is 10.8 Å². The first kappa shape index (κ1) is 10.2. The Morgan fingerprint density at radius 2 is 1.90 bits per heavy atom. The predicted octanol–water partition coefficient (Wildman–Crippen LogP) is 2.06. The lowest BCUT2D eigenvalue weighted by atomic mass is 10.3. The zero-order valence-electron chi connectivity index (χ0n) is 6.79. The summed E-state index contributed by atoms with van der Waals surface area (Å²) in [5.41, 5.74) is 0. The van der Waals surface area contributed by atoms with Gasteiger partial charge in [-0.3, -0.25) is 9.11 Å². The van der Waals surface area contributed by atoms with Crippen LogP contribution >= 0.6 is 10.8 Å². The predicted molar refractivity (Wildman–Crippen MR) is 46.3 cm³/mol. The summed E-state index contributed by atoms with van der Waals surface area (Å²) in [4.78, 5) is 0. The molecule has 0 aromatic carbocycles. The number of hydrogen-bond donors (Lipinski definition) is 3. The highest BCUT2D eigenvalue weighted by Crippen LogP contribution is 2.33. The van der Waals surface area contributed by atoms with Gasteiger partial charge in [0.25, 0.3) is 0 Å². The van der Waals surface area contributed by atoms with Gasteiger partial charge in [0.15, 0.2) is 0 Å². The van der Waals surface area contributed by atoms with Crippen LogP contribution in [0.3, 0.4) is 0 Å². The van der Waals surface area contributed by atoms with Crippen molar-refractivity contribution in [1.29, 1.82) is 0 Å². The minimum atomic E-state index is -2.48. The first-order chi connectivity index (χ1) is 4.52. The lowest BCUT2D eigenvalue weighted by Crippen LogP contribution is -2.29. The average molecular weight is 167 g/mol. The Hall–Kier alpha value is 0.230. The molecule has 0 heterocycles. The van der Waals surface area contributed by atoms with Crippen molar-refractivity contribution in [2.75, 3.05) is 5.75 Å². The van der Waals surface area contributed by atoms with Crippen LogP contribution in [0.15, 0.2) is 0 Å². The smallest absolute Gasteiger partial charge is 0.0500 e. The van der Waals surface area contributed by atoms with Crippen LogP contribution in [0.25, 0.3) is 0 Å². The molecule has 0 aliphatic carbocycles. The highest BCUT2D eigenvalue weighted by molar-refractivity contribution is 8.22. The molecule has 0 aliphatic rings. The fourth-order valence-corrected chi connectivity index (χ4v) is 1.47. The van der Waals surface area contributed by atoms with E-state index in [0.29, 0.717) is 5.75 Å². The topological polar surface area (TPSA) is 52.5 Å². The van der Waals surface area contributed by atoms with E-state index in [1.165, 1.54) is 0 Å². The van der Waals surface area contributed by atoms with Crippen LogP contribution < -0.4 is 4.72 Å². The molecule has 0 spiro atoms. The summed E-state index contributed by atoms with van der Waals surface area (Å²) in [6.45, 7) is 5.69. The highest BCUT2D eigenvalue weighted by atomic mass is 32.3. The van der Waals surface area contributed by atoms with E-state index in [1.807, 2.05) is 13.8 Å². The monoisotopic (exact) mass is 167 g/mol. The molecule has 3 nitrogen and oxygen atoms in total. The van der Waals surface area contributed by atoms with Crippen molar-refractivity contribution in [3.05, 3.63) is 0 Å². The fourth-order valence-electron chi connectivity index (χ4n) is 0.489. The van der Waals surface area contributed by atoms with Crippen molar-refractivity contribution in [1.82, 2.24) is 4.72 Å². The molecular weight excluding hydrogens is 150 g/mol. The third-order valence-electron chi connectivity index (χ3n) is 1.40. The Labute approximate surface area is 64.3 Å². The van der Waals surface area contributed by atoms with Gasteiger partial charge in [0.05, 0.1) is 0 Å². The van der Waals surface area contributed by atoms with Gasteiger partial charge in [0.1, 0.15) is 0 Å². The van der Waals surface area contributed by atoms with Crippen LogP contribution in [0, 0.1) is 0 Å². The third-order valence-corrected chi connectivity index (χ3v) is 2.99. The van der Waals surface area contributed by atoms with Crippen molar-refractivity contribution in [2.24, 2.45) is 0 Å². The van der Waals surface area contributed by atoms with Gasteiger partial charge in [-0.1, -0.05) is 6.92 Å². The Morgan fingerprint density at radius 3 is 2.20 bits per heavy atom. The molecule has 0 saturated heterocycles. The minimum Gasteiger partial charge on any atom is -0.286 e. The van der Waals surface area contributed by atoms with Crippen LogP contribution in [0.2, 0.25) is 0 Å². The molecule has 64 valence electrons. The maximum atomic E-state index is 9.15. The van der Waals surface area contributed by atoms with E-state index in [4.69, 9.17) is 9.11 Å². The van der Waals surface area contributed by atoms with E-state index in [2.05, 4.69) is 4.72 Å². The molecule has 0 bridgehead atoms. The second-order valence-corrected chi connectivity index (χ2v) is 4.53. The minimum absolute atomic E-state index is 0.185. The van der Waals surface area contributed by atoms with Crippen molar-refractivity contribution in [3.8, 4) is 0 Å². The molecular formula is C6H17NO2S. The maximum Gasteiger partial charge on any atom is 0.0500 e. The van der Waals surface area contributed by atoms with Gasteiger partial charge in [-0.05, 0) is 20.3 Å². The van der Waals surface area contributed by atoms with Crippen LogP contribution in [0.5, 0.6) is 0 Å². The quantitative estimate of drug-likeness (QED) is 0.600. The van der Waals surface area contributed by atoms with Crippen molar-refractivity contribution in [3.63, 3.8) is 0 Å². The van der Waals surface area contributed by atoms with Gasteiger partial charge >= 0.3 is 0 Å². The maximum absolute atomic E-state index is 9.15. The first-order valence-corrected chi connectivity index (χ1v) is 5.26. The molecule has 10 heavy (non-hydrogen) atoms. The molecule has 3 N–H and O–H groups in total. The zero-order valence-corrected chi connectivity index (χ0v) is 7.61. The second kappa shape index (κ2) is 4.18. The molecule has 4 heteroatoms. The van der Waals surface area contributed by atoms with Gasteiger partial charge in [0, 0.05) is 11.8 Å². The van der Waals surface area contributed by atoms with E-state index < -0.39 is 10.8 Å². The lowest BCUT2D eigenvalue weighted by molar-refractivity contribution is 0.456. The van der Waals surface area contributed by atoms with Crippen LogP contribution in [0.1, 0.15) is 27.2 Å². The summed E-state index contributed by atoms with van der Waals surface area (Å²) in [7, 11) is -2.48. The van der Waals surface area contributed by atoms with Crippen molar-refractivity contribution in [2.45, 2.75) is 33.2 Å². The Morgan fingerprint density at radius 1 is 1.40 bits per heavy atom. The summed E-state index contributed by atoms with van der Waals surface area (Å²) in [6.07, 6.45) is 0.913. The Balaban J connectivity index is 3.64. The van der Waals surface area contributed by atoms with Gasteiger partial charge in [-0.2, -0.15) is 0 Å². The Kier molecular flexibility index (Phi) is 4.28. The molecule has 0 radical (unpaired) electrons.